The maximum atomic E-state index is 14.3. The van der Waals surface area contributed by atoms with Crippen LogP contribution in [0.5, 0.6) is 5.75 Å². The second-order valence-corrected chi connectivity index (χ2v) is 9.99. The van der Waals surface area contributed by atoms with Gasteiger partial charge >= 0.3 is 0 Å². The summed E-state index contributed by atoms with van der Waals surface area (Å²) in [5.41, 5.74) is 7.39. The SMILES string of the molecule is COc1ccc(-c2cccc3cc([C@H](C)Cc4nccc5scnc45)n(-c4ccccc4)c(=O)c23)cc1. The van der Waals surface area contributed by atoms with Crippen molar-refractivity contribution >= 4 is 32.3 Å². The van der Waals surface area contributed by atoms with E-state index >= 15 is 0 Å². The first-order valence-corrected chi connectivity index (χ1v) is 13.1. The van der Waals surface area contributed by atoms with Crippen LogP contribution in [-0.4, -0.2) is 21.6 Å². The fourth-order valence-corrected chi connectivity index (χ4v) is 5.68. The molecule has 0 amide bonds. The molecule has 182 valence electrons. The zero-order chi connectivity index (χ0) is 25.4. The van der Waals surface area contributed by atoms with E-state index in [0.717, 1.165) is 49.6 Å². The number of ether oxygens (including phenoxy) is 1. The largest absolute Gasteiger partial charge is 0.497 e. The van der Waals surface area contributed by atoms with Crippen LogP contribution < -0.4 is 10.3 Å². The molecule has 0 N–H and O–H groups in total. The molecular formula is C31H25N3O2S. The van der Waals surface area contributed by atoms with Crippen LogP contribution in [0.1, 0.15) is 24.2 Å². The van der Waals surface area contributed by atoms with Crippen molar-refractivity contribution in [1.29, 1.82) is 0 Å². The van der Waals surface area contributed by atoms with Gasteiger partial charge in [-0.3, -0.25) is 14.3 Å². The second kappa shape index (κ2) is 9.64. The second-order valence-electron chi connectivity index (χ2n) is 9.11. The Bertz CT molecular complexity index is 1770. The first-order chi connectivity index (χ1) is 18.1. The summed E-state index contributed by atoms with van der Waals surface area (Å²) in [6.45, 7) is 2.15. The van der Waals surface area contributed by atoms with Crippen molar-refractivity contribution in [1.82, 2.24) is 14.5 Å². The van der Waals surface area contributed by atoms with Crippen LogP contribution in [0.4, 0.5) is 0 Å². The van der Waals surface area contributed by atoms with E-state index in [1.54, 1.807) is 18.4 Å². The van der Waals surface area contributed by atoms with E-state index in [9.17, 15) is 4.79 Å². The average molecular weight is 504 g/mol. The molecule has 5 nitrogen and oxygen atoms in total. The molecule has 3 heterocycles. The quantitative estimate of drug-likeness (QED) is 0.245. The highest BCUT2D eigenvalue weighted by molar-refractivity contribution is 7.16. The fraction of sp³-hybridized carbons (Fsp3) is 0.129. The van der Waals surface area contributed by atoms with Crippen LogP contribution in [-0.2, 0) is 6.42 Å². The highest BCUT2D eigenvalue weighted by Crippen LogP contribution is 2.32. The van der Waals surface area contributed by atoms with Crippen LogP contribution in [0.15, 0.2) is 101 Å². The monoisotopic (exact) mass is 503 g/mol. The fourth-order valence-electron chi connectivity index (χ4n) is 4.99. The van der Waals surface area contributed by atoms with E-state index in [4.69, 9.17) is 4.74 Å². The van der Waals surface area contributed by atoms with Crippen molar-refractivity contribution in [3.8, 4) is 22.6 Å². The number of thiazole rings is 1. The number of methoxy groups -OCH3 is 1. The molecule has 0 radical (unpaired) electrons. The van der Waals surface area contributed by atoms with Gasteiger partial charge in [0, 0.05) is 23.5 Å². The molecule has 0 fully saturated rings. The zero-order valence-corrected chi connectivity index (χ0v) is 21.4. The Balaban J connectivity index is 1.55. The Morgan fingerprint density at radius 2 is 1.76 bits per heavy atom. The number of aromatic nitrogens is 3. The number of rotatable bonds is 6. The van der Waals surface area contributed by atoms with Crippen LogP contribution in [0.25, 0.3) is 37.8 Å². The number of para-hydroxylation sites is 1. The molecule has 3 aromatic carbocycles. The van der Waals surface area contributed by atoms with Gasteiger partial charge in [0.05, 0.1) is 28.4 Å². The molecule has 37 heavy (non-hydrogen) atoms. The van der Waals surface area contributed by atoms with E-state index in [2.05, 4.69) is 23.0 Å². The summed E-state index contributed by atoms with van der Waals surface area (Å²) in [6, 6.07) is 27.9. The molecular weight excluding hydrogens is 478 g/mol. The Labute approximate surface area is 218 Å². The van der Waals surface area contributed by atoms with Crippen LogP contribution >= 0.6 is 11.3 Å². The predicted octanol–water partition coefficient (Wildman–Crippen LogP) is 7.02. The summed E-state index contributed by atoms with van der Waals surface area (Å²) < 4.78 is 8.32. The van der Waals surface area contributed by atoms with Crippen molar-refractivity contribution in [2.75, 3.05) is 7.11 Å². The Hall–Kier alpha value is -4.29. The minimum atomic E-state index is -0.0307. The van der Waals surface area contributed by atoms with Gasteiger partial charge in [-0.1, -0.05) is 55.5 Å². The van der Waals surface area contributed by atoms with Crippen LogP contribution in [0, 0.1) is 0 Å². The lowest BCUT2D eigenvalue weighted by Crippen LogP contribution is -2.24. The lowest BCUT2D eigenvalue weighted by atomic mass is 9.94. The average Bonchev–Trinajstić information content (AvgIpc) is 3.43. The minimum Gasteiger partial charge on any atom is -0.497 e. The first-order valence-electron chi connectivity index (χ1n) is 12.2. The normalized spacial score (nSPS) is 12.2. The molecule has 0 aliphatic rings. The third-order valence-corrected chi connectivity index (χ3v) is 7.61. The van der Waals surface area contributed by atoms with E-state index in [1.807, 2.05) is 95.1 Å². The van der Waals surface area contributed by atoms with Crippen molar-refractivity contribution in [3.05, 3.63) is 118 Å². The van der Waals surface area contributed by atoms with Gasteiger partial charge in [-0.25, -0.2) is 4.98 Å². The molecule has 0 bridgehead atoms. The number of nitrogens with zero attached hydrogens (tertiary/aromatic N) is 3. The highest BCUT2D eigenvalue weighted by atomic mass is 32.1. The van der Waals surface area contributed by atoms with Gasteiger partial charge in [0.15, 0.2) is 0 Å². The topological polar surface area (TPSA) is 57.0 Å². The molecule has 0 unspecified atom stereocenters. The molecule has 3 aromatic heterocycles. The van der Waals surface area contributed by atoms with Gasteiger partial charge in [-0.05, 0) is 59.3 Å². The summed E-state index contributed by atoms with van der Waals surface area (Å²) in [4.78, 5) is 23.5. The number of hydrogen-bond donors (Lipinski definition) is 0. The first kappa shape index (κ1) is 23.1. The van der Waals surface area contributed by atoms with Gasteiger partial charge < -0.3 is 4.74 Å². The number of hydrogen-bond acceptors (Lipinski definition) is 5. The van der Waals surface area contributed by atoms with Gasteiger partial charge in [0.25, 0.3) is 5.56 Å². The molecule has 0 saturated heterocycles. The maximum Gasteiger partial charge on any atom is 0.263 e. The van der Waals surface area contributed by atoms with Gasteiger partial charge in [0.2, 0.25) is 0 Å². The third-order valence-electron chi connectivity index (χ3n) is 6.82. The van der Waals surface area contributed by atoms with E-state index < -0.39 is 0 Å². The van der Waals surface area contributed by atoms with Gasteiger partial charge in [-0.2, -0.15) is 0 Å². The molecule has 1 atom stereocenters. The standard InChI is InChI=1S/C31H25N3O2S/c1-20(17-26-30-28(15-16-32-26)37-19-33-30)27-18-22-7-6-10-25(21-11-13-24(36-2)14-12-21)29(22)31(35)34(27)23-8-4-3-5-9-23/h3-16,18-20H,17H2,1-2H3/t20-/m1/s1. The third kappa shape index (κ3) is 4.19. The van der Waals surface area contributed by atoms with E-state index in [-0.39, 0.29) is 11.5 Å². The lowest BCUT2D eigenvalue weighted by molar-refractivity contribution is 0.415. The smallest absolute Gasteiger partial charge is 0.263 e. The number of benzene rings is 3. The molecule has 0 spiro atoms. The highest BCUT2D eigenvalue weighted by Gasteiger charge is 2.20. The Morgan fingerprint density at radius 1 is 0.946 bits per heavy atom. The minimum absolute atomic E-state index is 0.0294. The predicted molar refractivity (Wildman–Crippen MR) is 151 cm³/mol. The molecule has 0 aliphatic carbocycles. The van der Waals surface area contributed by atoms with Crippen molar-refractivity contribution in [2.45, 2.75) is 19.3 Å². The molecule has 0 aliphatic heterocycles. The van der Waals surface area contributed by atoms with Crippen molar-refractivity contribution in [3.63, 3.8) is 0 Å². The van der Waals surface area contributed by atoms with Crippen LogP contribution in [0.3, 0.4) is 0 Å². The zero-order valence-electron chi connectivity index (χ0n) is 20.6. The van der Waals surface area contributed by atoms with E-state index in [1.165, 1.54) is 0 Å². The lowest BCUT2D eigenvalue weighted by Gasteiger charge is -2.21. The van der Waals surface area contributed by atoms with Crippen molar-refractivity contribution < 1.29 is 4.74 Å². The summed E-state index contributed by atoms with van der Waals surface area (Å²) in [6.07, 6.45) is 2.52. The number of fused-ring (bicyclic) bond motifs is 2. The van der Waals surface area contributed by atoms with E-state index in [0.29, 0.717) is 11.8 Å². The van der Waals surface area contributed by atoms with Gasteiger partial charge in [0.1, 0.15) is 11.3 Å². The van der Waals surface area contributed by atoms with Crippen molar-refractivity contribution in [2.24, 2.45) is 0 Å². The molecule has 6 rings (SSSR count). The van der Waals surface area contributed by atoms with Gasteiger partial charge in [-0.15, -0.1) is 11.3 Å². The Morgan fingerprint density at radius 3 is 2.54 bits per heavy atom. The summed E-state index contributed by atoms with van der Waals surface area (Å²) in [5.74, 6) is 0.812. The summed E-state index contributed by atoms with van der Waals surface area (Å²) >= 11 is 1.62. The maximum absolute atomic E-state index is 14.3. The van der Waals surface area contributed by atoms with Crippen LogP contribution in [0.2, 0.25) is 0 Å². The molecule has 0 saturated carbocycles. The summed E-state index contributed by atoms with van der Waals surface area (Å²) in [5, 5.41) is 1.62. The number of pyridine rings is 2. The summed E-state index contributed by atoms with van der Waals surface area (Å²) in [7, 11) is 1.65. The molecule has 6 heteroatoms. The Kier molecular flexibility index (Phi) is 6.02. The molecule has 6 aromatic rings.